The van der Waals surface area contributed by atoms with Gasteiger partial charge in [0.15, 0.2) is 0 Å². The number of hydrogen-bond acceptors (Lipinski definition) is 3. The van der Waals surface area contributed by atoms with Crippen LogP contribution in [0.5, 0.6) is 0 Å². The molecule has 0 rings (SSSR count). The van der Waals surface area contributed by atoms with Gasteiger partial charge in [-0.05, 0) is 31.6 Å². The summed E-state index contributed by atoms with van der Waals surface area (Å²) in [6.07, 6.45) is 16.5. The van der Waals surface area contributed by atoms with Crippen LogP contribution in [0.4, 0.5) is 4.79 Å². The lowest BCUT2D eigenvalue weighted by atomic mass is 9.96. The molecule has 150 valence electrons. The average molecular weight is 421 g/mol. The predicted molar refractivity (Wildman–Crippen MR) is 111 cm³/mol. The molecular formula is C21H41BrO3. The van der Waals surface area contributed by atoms with E-state index in [1.807, 2.05) is 0 Å². The van der Waals surface area contributed by atoms with Crippen LogP contribution in [0.1, 0.15) is 104 Å². The molecule has 1 atom stereocenters. The van der Waals surface area contributed by atoms with Crippen LogP contribution in [0.2, 0.25) is 0 Å². The van der Waals surface area contributed by atoms with E-state index in [0.29, 0.717) is 19.1 Å². The molecule has 0 aromatic heterocycles. The molecule has 0 aromatic rings. The lowest BCUT2D eigenvalue weighted by Gasteiger charge is -2.16. The van der Waals surface area contributed by atoms with Gasteiger partial charge in [0.05, 0.1) is 13.2 Å². The van der Waals surface area contributed by atoms with Gasteiger partial charge in [-0.1, -0.05) is 94.0 Å². The highest BCUT2D eigenvalue weighted by Crippen LogP contribution is 2.18. The normalized spacial score (nSPS) is 12.1. The van der Waals surface area contributed by atoms with Crippen LogP contribution >= 0.6 is 15.9 Å². The molecule has 0 radical (unpaired) electrons. The van der Waals surface area contributed by atoms with Gasteiger partial charge in [-0.3, -0.25) is 0 Å². The smallest absolute Gasteiger partial charge is 0.434 e. The zero-order valence-corrected chi connectivity index (χ0v) is 18.3. The Morgan fingerprint density at radius 1 is 0.760 bits per heavy atom. The molecular weight excluding hydrogens is 380 g/mol. The molecule has 0 bridgehead atoms. The van der Waals surface area contributed by atoms with Crippen molar-refractivity contribution in [2.75, 3.05) is 18.5 Å². The van der Waals surface area contributed by atoms with Crippen molar-refractivity contribution in [1.82, 2.24) is 0 Å². The van der Waals surface area contributed by atoms with Crippen LogP contribution < -0.4 is 0 Å². The highest BCUT2D eigenvalue weighted by molar-refractivity contribution is 9.09. The summed E-state index contributed by atoms with van der Waals surface area (Å²) in [5.74, 6) is 0.499. The van der Waals surface area contributed by atoms with E-state index in [0.717, 1.165) is 24.6 Å². The molecule has 0 aliphatic carbocycles. The molecule has 4 heteroatoms. The highest BCUT2D eigenvalue weighted by atomic mass is 79.9. The molecule has 0 aromatic carbocycles. The maximum absolute atomic E-state index is 11.7. The average Bonchev–Trinajstić information content (AvgIpc) is 2.62. The lowest BCUT2D eigenvalue weighted by Crippen LogP contribution is -2.16. The molecule has 3 nitrogen and oxygen atoms in total. The Hall–Kier alpha value is -0.250. The lowest BCUT2D eigenvalue weighted by molar-refractivity contribution is 0.0407. The van der Waals surface area contributed by atoms with Crippen LogP contribution in [0.3, 0.4) is 0 Å². The molecule has 0 spiro atoms. The number of carbonyl (C=O) groups is 1. The molecule has 0 fully saturated rings. The van der Waals surface area contributed by atoms with Crippen LogP contribution in [0.25, 0.3) is 0 Å². The van der Waals surface area contributed by atoms with Crippen molar-refractivity contribution in [3.05, 3.63) is 0 Å². The summed E-state index contributed by atoms with van der Waals surface area (Å²) in [5.41, 5.74) is 0. The van der Waals surface area contributed by atoms with Crippen LogP contribution in [0.15, 0.2) is 0 Å². The molecule has 0 N–H and O–H groups in total. The van der Waals surface area contributed by atoms with Crippen LogP contribution in [-0.2, 0) is 9.47 Å². The minimum absolute atomic E-state index is 0.477. The zero-order valence-electron chi connectivity index (χ0n) is 16.7. The first-order valence-corrected chi connectivity index (χ1v) is 11.7. The zero-order chi connectivity index (χ0) is 18.6. The van der Waals surface area contributed by atoms with Crippen LogP contribution in [-0.4, -0.2) is 24.7 Å². The summed E-state index contributed by atoms with van der Waals surface area (Å²) in [6.45, 7) is 5.46. The Kier molecular flexibility index (Phi) is 19.9. The third-order valence-electron chi connectivity index (χ3n) is 4.62. The van der Waals surface area contributed by atoms with Gasteiger partial charge in [0.25, 0.3) is 0 Å². The minimum Gasteiger partial charge on any atom is -0.434 e. The quantitative estimate of drug-likeness (QED) is 0.129. The SMILES string of the molecule is CCCCCCC(CCCC)COC(=O)OCCCCCCCCBr. The van der Waals surface area contributed by atoms with Gasteiger partial charge in [-0.2, -0.15) is 0 Å². The fourth-order valence-electron chi connectivity index (χ4n) is 2.95. The van der Waals surface area contributed by atoms with E-state index in [9.17, 15) is 4.79 Å². The number of alkyl halides is 1. The molecule has 25 heavy (non-hydrogen) atoms. The fourth-order valence-corrected chi connectivity index (χ4v) is 3.35. The van der Waals surface area contributed by atoms with Crippen molar-refractivity contribution >= 4 is 22.1 Å². The van der Waals surface area contributed by atoms with Gasteiger partial charge in [0, 0.05) is 5.33 Å². The molecule has 0 heterocycles. The molecule has 0 saturated carbocycles. The first kappa shape index (κ1) is 24.8. The monoisotopic (exact) mass is 420 g/mol. The summed E-state index contributed by atoms with van der Waals surface area (Å²) in [5, 5.41) is 1.10. The first-order valence-electron chi connectivity index (χ1n) is 10.6. The van der Waals surface area contributed by atoms with E-state index in [-0.39, 0.29) is 0 Å². The van der Waals surface area contributed by atoms with E-state index in [1.165, 1.54) is 70.6 Å². The summed E-state index contributed by atoms with van der Waals surface area (Å²) in [7, 11) is 0. The van der Waals surface area contributed by atoms with Gasteiger partial charge >= 0.3 is 6.16 Å². The topological polar surface area (TPSA) is 35.5 Å². The van der Waals surface area contributed by atoms with E-state index in [4.69, 9.17) is 9.47 Å². The Morgan fingerprint density at radius 3 is 2.04 bits per heavy atom. The molecule has 0 saturated heterocycles. The largest absolute Gasteiger partial charge is 0.508 e. The fraction of sp³-hybridized carbons (Fsp3) is 0.952. The number of ether oxygens (including phenoxy) is 2. The molecule has 1 unspecified atom stereocenters. The Balaban J connectivity index is 3.67. The number of carbonyl (C=O) groups excluding carboxylic acids is 1. The van der Waals surface area contributed by atoms with Gasteiger partial charge < -0.3 is 9.47 Å². The Labute approximate surface area is 164 Å². The number of hydrogen-bond donors (Lipinski definition) is 0. The number of halogens is 1. The molecule has 0 amide bonds. The summed E-state index contributed by atoms with van der Waals surface area (Å²) in [4.78, 5) is 11.7. The predicted octanol–water partition coefficient (Wildman–Crippen LogP) is 7.65. The minimum atomic E-state index is -0.477. The second kappa shape index (κ2) is 20.1. The van der Waals surface area contributed by atoms with E-state index in [2.05, 4.69) is 29.8 Å². The third-order valence-corrected chi connectivity index (χ3v) is 5.18. The first-order chi connectivity index (χ1) is 12.2. The van der Waals surface area contributed by atoms with Crippen molar-refractivity contribution in [1.29, 1.82) is 0 Å². The second-order valence-corrected chi connectivity index (χ2v) is 7.87. The summed E-state index contributed by atoms with van der Waals surface area (Å²) < 4.78 is 10.6. The summed E-state index contributed by atoms with van der Waals surface area (Å²) >= 11 is 3.45. The third kappa shape index (κ3) is 18.3. The maximum Gasteiger partial charge on any atom is 0.508 e. The highest BCUT2D eigenvalue weighted by Gasteiger charge is 2.12. The number of rotatable bonds is 18. The standard InChI is InChI=1S/C21H41BrO3/c1-3-5-7-12-16-20(15-6-4-2)19-25-21(23)24-18-14-11-9-8-10-13-17-22/h20H,3-19H2,1-2H3. The second-order valence-electron chi connectivity index (χ2n) is 7.08. The molecule has 0 aliphatic rings. The van der Waals surface area contributed by atoms with Gasteiger partial charge in [-0.25, -0.2) is 4.79 Å². The number of unbranched alkanes of at least 4 members (excludes halogenated alkanes) is 9. The Morgan fingerprint density at radius 2 is 1.36 bits per heavy atom. The van der Waals surface area contributed by atoms with E-state index < -0.39 is 6.16 Å². The van der Waals surface area contributed by atoms with E-state index >= 15 is 0 Å². The van der Waals surface area contributed by atoms with Crippen molar-refractivity contribution < 1.29 is 14.3 Å². The summed E-state index contributed by atoms with van der Waals surface area (Å²) in [6, 6.07) is 0. The van der Waals surface area contributed by atoms with Crippen LogP contribution in [0, 0.1) is 5.92 Å². The van der Waals surface area contributed by atoms with Gasteiger partial charge in [-0.15, -0.1) is 0 Å². The van der Waals surface area contributed by atoms with Crippen molar-refractivity contribution in [2.45, 2.75) is 104 Å². The Bertz CT molecular complexity index is 284. The van der Waals surface area contributed by atoms with Crippen molar-refractivity contribution in [2.24, 2.45) is 5.92 Å². The van der Waals surface area contributed by atoms with Gasteiger partial charge in [0.2, 0.25) is 0 Å². The van der Waals surface area contributed by atoms with Crippen molar-refractivity contribution in [3.8, 4) is 0 Å². The van der Waals surface area contributed by atoms with E-state index in [1.54, 1.807) is 0 Å². The molecule has 0 aliphatic heterocycles. The van der Waals surface area contributed by atoms with Gasteiger partial charge in [0.1, 0.15) is 0 Å². The maximum atomic E-state index is 11.7. The van der Waals surface area contributed by atoms with Crippen molar-refractivity contribution in [3.63, 3.8) is 0 Å².